The lowest BCUT2D eigenvalue weighted by molar-refractivity contribution is 0.476. The summed E-state index contributed by atoms with van der Waals surface area (Å²) in [6.45, 7) is 3.35. The summed E-state index contributed by atoms with van der Waals surface area (Å²) in [5.74, 6) is 0. The lowest BCUT2D eigenvalue weighted by Crippen LogP contribution is -2.29. The van der Waals surface area contributed by atoms with E-state index in [4.69, 9.17) is 0 Å². The summed E-state index contributed by atoms with van der Waals surface area (Å²) in [7, 11) is -3.56. The minimum atomic E-state index is -3.56. The summed E-state index contributed by atoms with van der Waals surface area (Å²) in [6.07, 6.45) is 3.18. The van der Waals surface area contributed by atoms with Crippen molar-refractivity contribution in [2.75, 3.05) is 13.1 Å². The van der Waals surface area contributed by atoms with Gasteiger partial charge in [0, 0.05) is 36.3 Å². The second kappa shape index (κ2) is 7.62. The van der Waals surface area contributed by atoms with Gasteiger partial charge in [-0.05, 0) is 25.8 Å². The molecule has 0 unspecified atom stereocenters. The Hall–Kier alpha value is -2.29. The van der Waals surface area contributed by atoms with Gasteiger partial charge in [0.05, 0.1) is 17.1 Å². The van der Waals surface area contributed by atoms with Crippen molar-refractivity contribution in [2.45, 2.75) is 31.2 Å². The first kappa shape index (κ1) is 19.0. The summed E-state index contributed by atoms with van der Waals surface area (Å²) in [5, 5.41) is 2.78. The fraction of sp³-hybridized carbons (Fsp3) is 0.300. The minimum Gasteiger partial charge on any atom is -0.308 e. The maximum absolute atomic E-state index is 12.8. The van der Waals surface area contributed by atoms with Crippen molar-refractivity contribution in [3.63, 3.8) is 0 Å². The molecule has 0 bridgehead atoms. The van der Waals surface area contributed by atoms with Crippen molar-refractivity contribution in [3.05, 3.63) is 69.6 Å². The van der Waals surface area contributed by atoms with Crippen LogP contribution in [0.2, 0.25) is 0 Å². The van der Waals surface area contributed by atoms with E-state index in [1.54, 1.807) is 0 Å². The molecule has 0 atom stereocenters. The van der Waals surface area contributed by atoms with E-state index in [9.17, 15) is 13.2 Å². The van der Waals surface area contributed by atoms with E-state index in [1.807, 2.05) is 36.6 Å². The number of pyridine rings is 1. The Bertz CT molecular complexity index is 1140. The van der Waals surface area contributed by atoms with Gasteiger partial charge in [0.25, 0.3) is 5.56 Å². The van der Waals surface area contributed by atoms with Crippen molar-refractivity contribution in [2.24, 2.45) is 0 Å². The molecule has 3 heterocycles. The second-order valence-corrected chi connectivity index (χ2v) is 9.75. The van der Waals surface area contributed by atoms with Crippen molar-refractivity contribution < 1.29 is 8.42 Å². The van der Waals surface area contributed by atoms with Gasteiger partial charge in [-0.2, -0.15) is 4.31 Å². The molecule has 4 rings (SSSR count). The molecule has 1 aliphatic heterocycles. The summed E-state index contributed by atoms with van der Waals surface area (Å²) in [4.78, 5) is 17.0. The van der Waals surface area contributed by atoms with Crippen molar-refractivity contribution >= 4 is 21.4 Å². The zero-order chi connectivity index (χ0) is 19.7. The Morgan fingerprint density at radius 2 is 1.79 bits per heavy atom. The fourth-order valence-corrected chi connectivity index (χ4v) is 5.60. The van der Waals surface area contributed by atoms with E-state index in [1.165, 1.54) is 44.1 Å². The topological polar surface area (TPSA) is 72.3 Å². The Morgan fingerprint density at radius 1 is 1.07 bits per heavy atom. The lowest BCUT2D eigenvalue weighted by Gasteiger charge is -2.16. The molecule has 146 valence electrons. The van der Waals surface area contributed by atoms with Crippen LogP contribution in [-0.2, 0) is 16.6 Å². The highest BCUT2D eigenvalue weighted by molar-refractivity contribution is 7.89. The maximum atomic E-state index is 12.8. The highest BCUT2D eigenvalue weighted by Gasteiger charge is 2.27. The molecular weight excluding hydrogens is 394 g/mol. The number of rotatable bonds is 5. The molecule has 0 aliphatic carbocycles. The van der Waals surface area contributed by atoms with Crippen LogP contribution in [0.25, 0.3) is 10.6 Å². The molecule has 28 heavy (non-hydrogen) atoms. The first-order valence-corrected chi connectivity index (χ1v) is 11.5. The molecule has 0 spiro atoms. The first-order valence-electron chi connectivity index (χ1n) is 9.15. The van der Waals surface area contributed by atoms with Crippen molar-refractivity contribution in [1.29, 1.82) is 0 Å². The number of thiazole rings is 1. The Balaban J connectivity index is 1.60. The van der Waals surface area contributed by atoms with Gasteiger partial charge in [0.1, 0.15) is 5.01 Å². The van der Waals surface area contributed by atoms with Crippen LogP contribution in [0.5, 0.6) is 0 Å². The van der Waals surface area contributed by atoms with Crippen LogP contribution in [0.1, 0.15) is 24.1 Å². The molecule has 0 radical (unpaired) electrons. The number of hydrogen-bond acceptors (Lipinski definition) is 5. The van der Waals surface area contributed by atoms with Crippen LogP contribution >= 0.6 is 11.3 Å². The van der Waals surface area contributed by atoms with Crippen LogP contribution < -0.4 is 5.56 Å². The van der Waals surface area contributed by atoms with Crippen LogP contribution in [0.4, 0.5) is 0 Å². The molecule has 1 aromatic carbocycles. The van der Waals surface area contributed by atoms with Crippen LogP contribution in [-0.4, -0.2) is 35.4 Å². The maximum Gasteiger partial charge on any atom is 0.250 e. The number of aromatic nitrogens is 2. The van der Waals surface area contributed by atoms with Crippen molar-refractivity contribution in [1.82, 2.24) is 13.9 Å². The predicted octanol–water partition coefficient (Wildman–Crippen LogP) is 3.11. The predicted molar refractivity (Wildman–Crippen MR) is 110 cm³/mol. The van der Waals surface area contributed by atoms with Crippen LogP contribution in [0, 0.1) is 6.92 Å². The number of benzene rings is 1. The van der Waals surface area contributed by atoms with E-state index in [-0.39, 0.29) is 17.0 Å². The fourth-order valence-electron chi connectivity index (χ4n) is 3.25. The standard InChI is InChI=1S/C20H21N3O3S2/c1-15-4-6-16(7-5-15)20-21-17(14-27-20)12-22-13-18(8-9-19(22)24)28(25,26)23-10-2-3-11-23/h4-9,13-14H,2-3,10-12H2,1H3. The van der Waals surface area contributed by atoms with Gasteiger partial charge in [-0.3, -0.25) is 4.79 Å². The molecule has 1 fully saturated rings. The lowest BCUT2D eigenvalue weighted by atomic mass is 10.2. The van der Waals surface area contributed by atoms with Gasteiger partial charge in [-0.1, -0.05) is 29.8 Å². The SMILES string of the molecule is Cc1ccc(-c2nc(Cn3cc(S(=O)(=O)N4CCCC4)ccc3=O)cs2)cc1. The average molecular weight is 416 g/mol. The molecule has 1 aliphatic rings. The summed E-state index contributed by atoms with van der Waals surface area (Å²) in [6, 6.07) is 10.8. The number of sulfonamides is 1. The third kappa shape index (κ3) is 3.80. The Kier molecular flexibility index (Phi) is 5.18. The molecular formula is C20H21N3O3S2. The number of hydrogen-bond donors (Lipinski definition) is 0. The molecule has 0 amide bonds. The number of aryl methyl sites for hydroxylation is 1. The normalized spacial score (nSPS) is 15.2. The van der Waals surface area contributed by atoms with Gasteiger partial charge in [0.15, 0.2) is 0 Å². The van der Waals surface area contributed by atoms with Gasteiger partial charge in [-0.15, -0.1) is 11.3 Å². The third-order valence-electron chi connectivity index (χ3n) is 4.84. The monoisotopic (exact) mass is 415 g/mol. The summed E-state index contributed by atoms with van der Waals surface area (Å²) < 4.78 is 28.4. The van der Waals surface area contributed by atoms with Crippen molar-refractivity contribution in [3.8, 4) is 10.6 Å². The third-order valence-corrected chi connectivity index (χ3v) is 7.66. The molecule has 3 aromatic rings. The molecule has 0 saturated carbocycles. The average Bonchev–Trinajstić information content (AvgIpc) is 3.36. The van der Waals surface area contributed by atoms with E-state index >= 15 is 0 Å². The van der Waals surface area contributed by atoms with Gasteiger partial charge < -0.3 is 4.57 Å². The second-order valence-electron chi connectivity index (χ2n) is 6.95. The zero-order valence-corrected chi connectivity index (χ0v) is 17.2. The summed E-state index contributed by atoms with van der Waals surface area (Å²) in [5.41, 5.74) is 2.70. The Labute approximate surface area is 168 Å². The minimum absolute atomic E-state index is 0.156. The van der Waals surface area contributed by atoms with E-state index in [0.717, 1.165) is 29.1 Å². The van der Waals surface area contributed by atoms with E-state index in [0.29, 0.717) is 13.1 Å². The van der Waals surface area contributed by atoms with E-state index in [2.05, 4.69) is 4.98 Å². The highest BCUT2D eigenvalue weighted by Crippen LogP contribution is 2.24. The van der Waals surface area contributed by atoms with E-state index < -0.39 is 10.0 Å². The van der Waals surface area contributed by atoms with Gasteiger partial charge >= 0.3 is 0 Å². The molecule has 0 N–H and O–H groups in total. The molecule has 8 heteroatoms. The smallest absolute Gasteiger partial charge is 0.250 e. The molecule has 2 aromatic heterocycles. The first-order chi connectivity index (χ1) is 13.4. The highest BCUT2D eigenvalue weighted by atomic mass is 32.2. The Morgan fingerprint density at radius 3 is 2.50 bits per heavy atom. The van der Waals surface area contributed by atoms with Crippen LogP contribution in [0.3, 0.4) is 0 Å². The van der Waals surface area contributed by atoms with Gasteiger partial charge in [-0.25, -0.2) is 13.4 Å². The molecule has 1 saturated heterocycles. The summed E-state index contributed by atoms with van der Waals surface area (Å²) >= 11 is 1.51. The molecule has 6 nitrogen and oxygen atoms in total. The number of nitrogens with zero attached hydrogens (tertiary/aromatic N) is 3. The zero-order valence-electron chi connectivity index (χ0n) is 15.5. The largest absolute Gasteiger partial charge is 0.308 e. The van der Waals surface area contributed by atoms with Gasteiger partial charge in [0.2, 0.25) is 10.0 Å². The van der Waals surface area contributed by atoms with Crippen LogP contribution in [0.15, 0.2) is 57.7 Å². The quantitative estimate of drug-likeness (QED) is 0.642.